The second-order valence-corrected chi connectivity index (χ2v) is 8.97. The van der Waals surface area contributed by atoms with Crippen LogP contribution in [0.25, 0.3) is 0 Å². The van der Waals surface area contributed by atoms with Gasteiger partial charge in [-0.25, -0.2) is 0 Å². The van der Waals surface area contributed by atoms with Gasteiger partial charge in [-0.1, -0.05) is 18.2 Å². The summed E-state index contributed by atoms with van der Waals surface area (Å²) in [6, 6.07) is 14.5. The van der Waals surface area contributed by atoms with E-state index < -0.39 is 7.12 Å². The Balaban J connectivity index is 1.74. The van der Waals surface area contributed by atoms with Crippen LogP contribution in [0, 0.1) is 7.34 Å². The van der Waals surface area contributed by atoms with Gasteiger partial charge in [0, 0.05) is 6.07 Å². The molecule has 0 N–H and O–H groups in total. The van der Waals surface area contributed by atoms with E-state index in [0.717, 1.165) is 9.43 Å². The van der Waals surface area contributed by atoms with Crippen molar-refractivity contribution in [2.24, 2.45) is 0 Å². The first kappa shape index (κ1) is 15.1. The molecular formula is C16H19BIO3+. The van der Waals surface area contributed by atoms with Gasteiger partial charge in [-0.2, -0.15) is 0 Å². The van der Waals surface area contributed by atoms with Crippen LogP contribution in [-0.4, -0.2) is 18.3 Å². The topological polar surface area (TPSA) is 31.6 Å². The van der Waals surface area contributed by atoms with Crippen LogP contribution in [0.2, 0.25) is 0 Å². The van der Waals surface area contributed by atoms with E-state index in [4.69, 9.17) is 13.7 Å². The summed E-state index contributed by atoms with van der Waals surface area (Å²) in [5.74, 6) is 0. The van der Waals surface area contributed by atoms with Crippen molar-refractivity contribution >= 4 is 12.8 Å². The molecule has 0 saturated carbocycles. The highest BCUT2D eigenvalue weighted by Crippen LogP contribution is 2.36. The lowest BCUT2D eigenvalue weighted by Gasteiger charge is -2.32. The fourth-order valence-corrected chi connectivity index (χ4v) is 4.16. The van der Waals surface area contributed by atoms with Gasteiger partial charge in [-0.15, -0.1) is 0 Å². The molecule has 0 radical (unpaired) electrons. The first-order valence-electron chi connectivity index (χ1n) is 7.03. The third kappa shape index (κ3) is 3.05. The van der Waals surface area contributed by atoms with Gasteiger partial charge in [0.2, 0.25) is 0 Å². The van der Waals surface area contributed by atoms with E-state index in [1.807, 2.05) is 45.9 Å². The van der Waals surface area contributed by atoms with Crippen molar-refractivity contribution in [3.63, 3.8) is 0 Å². The molecule has 3 nitrogen and oxygen atoms in total. The first-order valence-corrected chi connectivity index (χ1v) is 9.18. The summed E-state index contributed by atoms with van der Waals surface area (Å²) in [4.78, 5) is 0. The molecule has 21 heavy (non-hydrogen) atoms. The summed E-state index contributed by atoms with van der Waals surface area (Å²) in [5, 5.41) is 0. The van der Waals surface area contributed by atoms with Crippen molar-refractivity contribution in [3.8, 4) is 0 Å². The Labute approximate surface area is 136 Å². The largest absolute Gasteiger partial charge is 0.532 e. The molecule has 0 atom stereocenters. The number of hydrogen-bond acceptors (Lipinski definition) is 3. The Morgan fingerprint density at radius 3 is 2.10 bits per heavy atom. The highest BCUT2D eigenvalue weighted by Gasteiger charge is 2.53. The van der Waals surface area contributed by atoms with Crippen LogP contribution < -0.4 is 26.9 Å². The fraction of sp³-hybridized carbons (Fsp3) is 0.375. The Bertz CT molecular complexity index is 605. The smallest absolute Gasteiger partial charge is 0.427 e. The molecule has 3 rings (SSSR count). The quantitative estimate of drug-likeness (QED) is 0.527. The average Bonchev–Trinajstić information content (AvgIpc) is 2.94. The summed E-state index contributed by atoms with van der Waals surface area (Å²) in [5.41, 5.74) is 0.0948. The molecule has 2 heterocycles. The van der Waals surface area contributed by atoms with Crippen LogP contribution in [0.15, 0.2) is 46.9 Å². The van der Waals surface area contributed by atoms with Crippen LogP contribution in [-0.2, 0) is 9.31 Å². The minimum Gasteiger partial charge on any atom is -0.427 e. The normalized spacial score (nSPS) is 19.9. The van der Waals surface area contributed by atoms with Gasteiger partial charge < -0.3 is 13.7 Å². The van der Waals surface area contributed by atoms with Gasteiger partial charge in [0.05, 0.1) is 11.2 Å². The SMILES string of the molecule is CC1(C)OB(c2ccc([I+]c3ccccc3)o2)OC1(C)C. The third-order valence-electron chi connectivity index (χ3n) is 4.01. The van der Waals surface area contributed by atoms with Gasteiger partial charge in [0.25, 0.3) is 0 Å². The Kier molecular flexibility index (Phi) is 3.92. The molecule has 1 fully saturated rings. The van der Waals surface area contributed by atoms with E-state index in [9.17, 15) is 0 Å². The highest BCUT2D eigenvalue weighted by molar-refractivity contribution is 6.60. The van der Waals surface area contributed by atoms with Crippen LogP contribution >= 0.6 is 0 Å². The maximum atomic E-state index is 6.01. The third-order valence-corrected chi connectivity index (χ3v) is 6.47. The van der Waals surface area contributed by atoms with Crippen LogP contribution in [0.3, 0.4) is 0 Å². The molecule has 1 aliphatic rings. The van der Waals surface area contributed by atoms with Crippen LogP contribution in [0.5, 0.6) is 0 Å². The van der Waals surface area contributed by atoms with Crippen molar-refractivity contribution < 1.29 is 34.9 Å². The minimum absolute atomic E-state index is 0.293. The van der Waals surface area contributed by atoms with Crippen molar-refractivity contribution in [2.45, 2.75) is 38.9 Å². The van der Waals surface area contributed by atoms with Gasteiger partial charge in [-0.3, -0.25) is 0 Å². The lowest BCUT2D eigenvalue weighted by atomic mass is 9.86. The van der Waals surface area contributed by atoms with Gasteiger partial charge in [-0.05, 0) is 45.9 Å². The maximum absolute atomic E-state index is 6.01. The van der Waals surface area contributed by atoms with Crippen LogP contribution in [0.4, 0.5) is 0 Å². The molecule has 0 unspecified atom stereocenters. The number of furan rings is 1. The average molecular weight is 397 g/mol. The summed E-state index contributed by atoms with van der Waals surface area (Å²) < 4.78 is 20.3. The predicted molar refractivity (Wildman–Crippen MR) is 78.3 cm³/mol. The van der Waals surface area contributed by atoms with Crippen LogP contribution in [0.1, 0.15) is 27.7 Å². The van der Waals surface area contributed by atoms with E-state index in [-0.39, 0.29) is 32.4 Å². The predicted octanol–water partition coefficient (Wildman–Crippen LogP) is -0.293. The van der Waals surface area contributed by atoms with Gasteiger partial charge in [0.1, 0.15) is 5.66 Å². The number of benzene rings is 1. The van der Waals surface area contributed by atoms with Crippen molar-refractivity contribution in [3.05, 3.63) is 49.8 Å². The van der Waals surface area contributed by atoms with Gasteiger partial charge in [0.15, 0.2) is 3.57 Å². The summed E-state index contributed by atoms with van der Waals surface area (Å²) in [6.45, 7) is 8.20. The Morgan fingerprint density at radius 1 is 0.857 bits per heavy atom. The highest BCUT2D eigenvalue weighted by atomic mass is 127. The Hall–Kier alpha value is -0.785. The molecule has 1 aromatic heterocycles. The maximum Gasteiger partial charge on any atom is 0.532 e. The van der Waals surface area contributed by atoms with E-state index in [0.29, 0.717) is 0 Å². The minimum atomic E-state index is -0.413. The fourth-order valence-electron chi connectivity index (χ4n) is 2.05. The molecule has 5 heteroatoms. The number of rotatable bonds is 3. The van der Waals surface area contributed by atoms with E-state index in [1.165, 1.54) is 3.57 Å². The van der Waals surface area contributed by atoms with Crippen molar-refractivity contribution in [2.75, 3.05) is 0 Å². The summed E-state index contributed by atoms with van der Waals surface area (Å²) in [7, 11) is -0.413. The molecule has 1 saturated heterocycles. The van der Waals surface area contributed by atoms with E-state index in [1.54, 1.807) is 0 Å². The zero-order chi connectivity index (χ0) is 15.1. The zero-order valence-electron chi connectivity index (χ0n) is 12.7. The van der Waals surface area contributed by atoms with E-state index >= 15 is 0 Å². The molecule has 1 aliphatic heterocycles. The molecule has 0 amide bonds. The zero-order valence-corrected chi connectivity index (χ0v) is 14.9. The molecular weight excluding hydrogens is 378 g/mol. The monoisotopic (exact) mass is 397 g/mol. The van der Waals surface area contributed by atoms with Gasteiger partial charge >= 0.3 is 32.1 Å². The Morgan fingerprint density at radius 2 is 1.48 bits per heavy atom. The number of halogens is 1. The van der Waals surface area contributed by atoms with E-state index in [2.05, 4.69) is 24.3 Å². The summed E-state index contributed by atoms with van der Waals surface area (Å²) >= 11 is -0.293. The summed E-state index contributed by atoms with van der Waals surface area (Å²) in [6.07, 6.45) is 0. The molecule has 2 aromatic rings. The molecule has 1 aromatic carbocycles. The number of hydrogen-bond donors (Lipinski definition) is 0. The lowest BCUT2D eigenvalue weighted by Crippen LogP contribution is -3.61. The molecule has 0 spiro atoms. The first-order chi connectivity index (χ1) is 9.87. The van der Waals surface area contributed by atoms with Crippen molar-refractivity contribution in [1.29, 1.82) is 0 Å². The van der Waals surface area contributed by atoms with Crippen molar-refractivity contribution in [1.82, 2.24) is 0 Å². The molecule has 0 aliphatic carbocycles. The standard InChI is InChI=1S/C16H19BIO3/c1-15(2)16(3,4)21-17(20-15)13-10-11-14(19-13)18-12-8-6-5-7-9-12/h5-11H,1-4H3/q+1. The second-order valence-electron chi connectivity index (χ2n) is 6.12. The molecule has 110 valence electrons. The second kappa shape index (κ2) is 5.45. The lowest BCUT2D eigenvalue weighted by molar-refractivity contribution is -0.617. The molecule has 0 bridgehead atoms.